The maximum Gasteiger partial charge on any atom is 0.185 e. The molecule has 1 fully saturated rings. The van der Waals surface area contributed by atoms with E-state index >= 15 is 0 Å². The van der Waals surface area contributed by atoms with Gasteiger partial charge in [-0.05, 0) is 50.8 Å². The normalized spacial score (nSPS) is 25.2. The van der Waals surface area contributed by atoms with Crippen molar-refractivity contribution in [3.8, 4) is 0 Å². The highest BCUT2D eigenvalue weighted by molar-refractivity contribution is 9.12. The molecule has 0 saturated carbocycles. The van der Waals surface area contributed by atoms with E-state index < -0.39 is 0 Å². The van der Waals surface area contributed by atoms with Crippen LogP contribution in [-0.2, 0) is 6.54 Å². The monoisotopic (exact) mass is 589 g/mol. The molecule has 1 atom stereocenters. The van der Waals surface area contributed by atoms with Crippen molar-refractivity contribution in [2.24, 2.45) is 16.8 Å². The molecule has 3 aliphatic rings. The predicted molar refractivity (Wildman–Crippen MR) is 163 cm³/mol. The van der Waals surface area contributed by atoms with Crippen molar-refractivity contribution in [1.82, 2.24) is 15.8 Å². The Kier molecular flexibility index (Phi) is 7.90. The summed E-state index contributed by atoms with van der Waals surface area (Å²) in [7, 11) is 1.83. The summed E-state index contributed by atoms with van der Waals surface area (Å²) < 4.78 is 0.900. The molecule has 5 rings (SSSR count). The smallest absolute Gasteiger partial charge is 0.185 e. The van der Waals surface area contributed by atoms with Crippen LogP contribution in [0.25, 0.3) is 0 Å². The van der Waals surface area contributed by atoms with E-state index in [9.17, 15) is 0 Å². The quantitative estimate of drug-likeness (QED) is 0.209. The van der Waals surface area contributed by atoms with Gasteiger partial charge in [0.05, 0.1) is 5.71 Å². The number of benzene rings is 2. The maximum absolute atomic E-state index is 9.12. The molecule has 5 nitrogen and oxygen atoms in total. The van der Waals surface area contributed by atoms with Crippen molar-refractivity contribution in [3.05, 3.63) is 117 Å². The number of thiocarbonyl (C=S) groups is 1. The number of aliphatic imine (C=N–C) groups is 1. The molecule has 8 heteroatoms. The molecule has 0 spiro atoms. The third kappa shape index (κ3) is 5.29. The largest absolute Gasteiger partial charge is 0.322 e. The molecule has 2 aromatic carbocycles. The van der Waals surface area contributed by atoms with E-state index in [4.69, 9.17) is 22.6 Å². The second kappa shape index (κ2) is 11.3. The summed E-state index contributed by atoms with van der Waals surface area (Å²) in [6.07, 6.45) is 8.68. The Hall–Kier alpha value is -2.78. The standard InChI is InChI=1S/C29H28BrN5S2/c1-18-13-15-20(16-14-18)22(25(32-2)21-11-7-4-8-12-21)23-24(30)26(37-27(23)31)28-33-34-29(36)35(28)17-19-9-5-3-6-10-19/h3-16,18,20,28,31,33H,17H2,1-2H3,(H,34,36)/b23-22-,31-27?,32-25?. The fourth-order valence-electron chi connectivity index (χ4n) is 4.75. The van der Waals surface area contributed by atoms with E-state index in [1.165, 1.54) is 17.3 Å². The Labute approximate surface area is 236 Å². The van der Waals surface area contributed by atoms with Gasteiger partial charge in [-0.2, -0.15) is 0 Å². The second-order valence-electron chi connectivity index (χ2n) is 9.08. The minimum atomic E-state index is -0.206. The van der Waals surface area contributed by atoms with Crippen LogP contribution >= 0.6 is 39.9 Å². The fourth-order valence-corrected chi connectivity index (χ4v) is 7.00. The van der Waals surface area contributed by atoms with Gasteiger partial charge >= 0.3 is 0 Å². The van der Waals surface area contributed by atoms with Gasteiger partial charge < -0.3 is 4.90 Å². The Morgan fingerprint density at radius 1 is 1.05 bits per heavy atom. The molecule has 37 heavy (non-hydrogen) atoms. The van der Waals surface area contributed by atoms with Gasteiger partial charge in [0.15, 0.2) is 5.11 Å². The second-order valence-corrected chi connectivity index (χ2v) is 11.3. The summed E-state index contributed by atoms with van der Waals surface area (Å²) in [5.41, 5.74) is 11.5. The number of thioether (sulfide) groups is 1. The molecule has 2 aliphatic heterocycles. The van der Waals surface area contributed by atoms with E-state index in [0.29, 0.717) is 22.6 Å². The number of allylic oxidation sites excluding steroid dienone is 6. The zero-order chi connectivity index (χ0) is 25.9. The highest BCUT2D eigenvalue weighted by Gasteiger charge is 2.39. The Bertz CT molecular complexity index is 1350. The van der Waals surface area contributed by atoms with E-state index in [1.54, 1.807) is 0 Å². The first-order valence-corrected chi connectivity index (χ1v) is 14.2. The minimum Gasteiger partial charge on any atom is -0.322 e. The SMILES string of the molecule is CN=C(/C(=C1\C(=N)SC(C2NNC(=S)N2Cc2ccccc2)=C1Br)C1C=CC(C)C=C1)c1ccccc1. The molecular weight excluding hydrogens is 562 g/mol. The first kappa shape index (κ1) is 25.9. The molecule has 0 radical (unpaired) electrons. The zero-order valence-corrected chi connectivity index (χ0v) is 23.8. The van der Waals surface area contributed by atoms with Gasteiger partial charge in [-0.25, -0.2) is 5.43 Å². The lowest BCUT2D eigenvalue weighted by molar-refractivity contribution is 0.352. The van der Waals surface area contributed by atoms with Crippen LogP contribution in [0.5, 0.6) is 0 Å². The van der Waals surface area contributed by atoms with E-state index in [0.717, 1.165) is 31.8 Å². The Morgan fingerprint density at radius 3 is 2.35 bits per heavy atom. The van der Waals surface area contributed by atoms with Gasteiger partial charge in [-0.3, -0.25) is 15.8 Å². The van der Waals surface area contributed by atoms with Crippen LogP contribution in [0, 0.1) is 17.2 Å². The number of hydrogen-bond acceptors (Lipinski definition) is 5. The highest BCUT2D eigenvalue weighted by Crippen LogP contribution is 2.47. The van der Waals surface area contributed by atoms with Crippen LogP contribution < -0.4 is 10.9 Å². The van der Waals surface area contributed by atoms with Crippen molar-refractivity contribution < 1.29 is 0 Å². The van der Waals surface area contributed by atoms with Crippen LogP contribution in [0.4, 0.5) is 0 Å². The molecule has 1 saturated heterocycles. The molecule has 2 heterocycles. The van der Waals surface area contributed by atoms with Crippen molar-refractivity contribution in [3.63, 3.8) is 0 Å². The third-order valence-corrected chi connectivity index (χ3v) is 9.06. The summed E-state index contributed by atoms with van der Waals surface area (Å²) in [5, 5.41) is 10.3. The lowest BCUT2D eigenvalue weighted by atomic mass is 9.83. The average molecular weight is 591 g/mol. The average Bonchev–Trinajstić information content (AvgIpc) is 3.42. The topological polar surface area (TPSA) is 63.5 Å². The molecule has 0 amide bonds. The number of nitrogens with zero attached hydrogens (tertiary/aromatic N) is 2. The first-order valence-electron chi connectivity index (χ1n) is 12.1. The summed E-state index contributed by atoms with van der Waals surface area (Å²) >= 11 is 11.0. The van der Waals surface area contributed by atoms with Crippen LogP contribution in [0.2, 0.25) is 0 Å². The van der Waals surface area contributed by atoms with Crippen LogP contribution in [0.15, 0.2) is 110 Å². The maximum atomic E-state index is 9.12. The molecule has 3 N–H and O–H groups in total. The van der Waals surface area contributed by atoms with E-state index in [2.05, 4.69) is 87.2 Å². The molecule has 1 aliphatic carbocycles. The van der Waals surface area contributed by atoms with Gasteiger partial charge in [-0.1, -0.05) is 104 Å². The minimum absolute atomic E-state index is 0.00844. The van der Waals surface area contributed by atoms with Gasteiger partial charge in [-0.15, -0.1) is 0 Å². The summed E-state index contributed by atoms with van der Waals surface area (Å²) in [6, 6.07) is 20.5. The highest BCUT2D eigenvalue weighted by atomic mass is 79.9. The molecule has 2 aromatic rings. The van der Waals surface area contributed by atoms with Crippen molar-refractivity contribution in [2.45, 2.75) is 19.6 Å². The number of hydrogen-bond donors (Lipinski definition) is 3. The Balaban J connectivity index is 1.61. The van der Waals surface area contributed by atoms with Gasteiger partial charge in [0, 0.05) is 34.5 Å². The number of rotatable bonds is 6. The van der Waals surface area contributed by atoms with Crippen LogP contribution in [-0.4, -0.2) is 34.0 Å². The lowest BCUT2D eigenvalue weighted by Gasteiger charge is -2.25. The summed E-state index contributed by atoms with van der Waals surface area (Å²) in [6.45, 7) is 2.83. The number of nitrogens with one attached hydrogen (secondary N) is 3. The van der Waals surface area contributed by atoms with E-state index in [1.807, 2.05) is 43.4 Å². The summed E-state index contributed by atoms with van der Waals surface area (Å²) in [4.78, 5) is 7.88. The molecule has 1 unspecified atom stereocenters. The van der Waals surface area contributed by atoms with Crippen LogP contribution in [0.1, 0.15) is 18.1 Å². The Morgan fingerprint density at radius 2 is 1.70 bits per heavy atom. The molecule has 0 aromatic heterocycles. The van der Waals surface area contributed by atoms with E-state index in [-0.39, 0.29) is 12.1 Å². The van der Waals surface area contributed by atoms with Gasteiger partial charge in [0.1, 0.15) is 11.2 Å². The molecule has 188 valence electrons. The fraction of sp³-hybridized carbons (Fsp3) is 0.207. The summed E-state index contributed by atoms with van der Waals surface area (Å²) in [5.74, 6) is 0.392. The lowest BCUT2D eigenvalue weighted by Crippen LogP contribution is -2.37. The van der Waals surface area contributed by atoms with Crippen molar-refractivity contribution >= 4 is 55.8 Å². The molecular formula is C29H28BrN5S2. The van der Waals surface area contributed by atoms with Gasteiger partial charge in [0.2, 0.25) is 0 Å². The third-order valence-electron chi connectivity index (χ3n) is 6.58. The zero-order valence-electron chi connectivity index (χ0n) is 20.6. The van der Waals surface area contributed by atoms with Crippen molar-refractivity contribution in [2.75, 3.05) is 7.05 Å². The van der Waals surface area contributed by atoms with Gasteiger partial charge in [0.25, 0.3) is 0 Å². The van der Waals surface area contributed by atoms with Crippen LogP contribution in [0.3, 0.4) is 0 Å². The number of hydrazine groups is 1. The molecule has 0 bridgehead atoms. The predicted octanol–water partition coefficient (Wildman–Crippen LogP) is 6.33. The van der Waals surface area contributed by atoms with Crippen molar-refractivity contribution in [1.29, 1.82) is 5.41 Å². The number of halogens is 1. The first-order chi connectivity index (χ1) is 18.0.